The Hall–Kier alpha value is -1.35. The highest BCUT2D eigenvalue weighted by molar-refractivity contribution is 7.99. The molecule has 2 rings (SSSR count). The van der Waals surface area contributed by atoms with E-state index in [1.807, 2.05) is 25.1 Å². The Morgan fingerprint density at radius 1 is 1.20 bits per heavy atom. The summed E-state index contributed by atoms with van der Waals surface area (Å²) in [5.41, 5.74) is 7.95. The van der Waals surface area contributed by atoms with Crippen molar-refractivity contribution in [3.63, 3.8) is 0 Å². The van der Waals surface area contributed by atoms with Crippen molar-refractivity contribution in [3.8, 4) is 0 Å². The van der Waals surface area contributed by atoms with Gasteiger partial charge in [0.05, 0.1) is 11.2 Å². The number of hydrogen-bond acceptors (Lipinski definition) is 3. The summed E-state index contributed by atoms with van der Waals surface area (Å²) >= 11 is 1.66. The van der Waals surface area contributed by atoms with Crippen molar-refractivity contribution >= 4 is 17.4 Å². The maximum Gasteiger partial charge on any atom is 0.114 e. The summed E-state index contributed by atoms with van der Waals surface area (Å²) < 4.78 is 5.25. The first-order valence-corrected chi connectivity index (χ1v) is 5.57. The zero-order valence-electron chi connectivity index (χ0n) is 8.78. The number of benzene rings is 1. The average Bonchev–Trinajstić information content (AvgIpc) is 2.58. The zero-order valence-corrected chi connectivity index (χ0v) is 9.60. The SMILES string of the molecule is Cc1cccc(N)c1Sc1ccoc1C. The van der Waals surface area contributed by atoms with Crippen molar-refractivity contribution in [2.75, 3.05) is 5.73 Å². The van der Waals surface area contributed by atoms with E-state index in [0.717, 1.165) is 21.2 Å². The number of rotatable bonds is 2. The fourth-order valence-corrected chi connectivity index (χ4v) is 2.35. The van der Waals surface area contributed by atoms with E-state index < -0.39 is 0 Å². The zero-order chi connectivity index (χ0) is 10.8. The van der Waals surface area contributed by atoms with Gasteiger partial charge in [-0.25, -0.2) is 0 Å². The molecule has 0 aliphatic carbocycles. The minimum absolute atomic E-state index is 0.820. The first kappa shape index (κ1) is 10.2. The third-order valence-electron chi connectivity index (χ3n) is 2.27. The van der Waals surface area contributed by atoms with Crippen molar-refractivity contribution in [1.29, 1.82) is 0 Å². The summed E-state index contributed by atoms with van der Waals surface area (Å²) in [4.78, 5) is 2.23. The lowest BCUT2D eigenvalue weighted by molar-refractivity contribution is 0.527. The molecule has 0 aliphatic heterocycles. The van der Waals surface area contributed by atoms with E-state index in [9.17, 15) is 0 Å². The Kier molecular flexibility index (Phi) is 2.73. The molecule has 0 amide bonds. The molecule has 0 atom stereocenters. The molecule has 0 aliphatic rings. The summed E-state index contributed by atoms with van der Waals surface area (Å²) in [6, 6.07) is 7.92. The minimum atomic E-state index is 0.820. The van der Waals surface area contributed by atoms with Gasteiger partial charge < -0.3 is 10.2 Å². The van der Waals surface area contributed by atoms with Crippen LogP contribution in [0.4, 0.5) is 5.69 Å². The van der Waals surface area contributed by atoms with Crippen LogP contribution < -0.4 is 5.73 Å². The highest BCUT2D eigenvalue weighted by atomic mass is 32.2. The van der Waals surface area contributed by atoms with Gasteiger partial charge in [-0.2, -0.15) is 0 Å². The Bertz CT molecular complexity index is 456. The molecule has 0 unspecified atom stereocenters. The molecular formula is C12H13NOS. The van der Waals surface area contributed by atoms with Crippen LogP contribution >= 0.6 is 11.8 Å². The predicted molar refractivity (Wildman–Crippen MR) is 63.2 cm³/mol. The molecule has 78 valence electrons. The monoisotopic (exact) mass is 219 g/mol. The molecule has 2 nitrogen and oxygen atoms in total. The Labute approximate surface area is 93.5 Å². The first-order chi connectivity index (χ1) is 7.18. The van der Waals surface area contributed by atoms with E-state index in [1.165, 1.54) is 5.56 Å². The van der Waals surface area contributed by atoms with Crippen molar-refractivity contribution < 1.29 is 4.42 Å². The number of nitrogen functional groups attached to an aromatic ring is 1. The number of furan rings is 1. The van der Waals surface area contributed by atoms with Crippen LogP contribution in [-0.2, 0) is 0 Å². The maximum atomic E-state index is 5.94. The lowest BCUT2D eigenvalue weighted by Gasteiger charge is -2.07. The van der Waals surface area contributed by atoms with Crippen molar-refractivity contribution in [1.82, 2.24) is 0 Å². The standard InChI is InChI=1S/C12H13NOS/c1-8-4-3-5-10(13)12(8)15-11-6-7-14-9(11)2/h3-7H,13H2,1-2H3. The number of aryl methyl sites for hydroxylation is 2. The lowest BCUT2D eigenvalue weighted by atomic mass is 10.2. The quantitative estimate of drug-likeness (QED) is 0.784. The molecule has 0 radical (unpaired) electrons. The number of nitrogens with two attached hydrogens (primary N) is 1. The largest absolute Gasteiger partial charge is 0.468 e. The van der Waals surface area contributed by atoms with Crippen LogP contribution in [0.5, 0.6) is 0 Å². The second kappa shape index (κ2) is 4.03. The van der Waals surface area contributed by atoms with Gasteiger partial charge in [0, 0.05) is 10.6 Å². The van der Waals surface area contributed by atoms with E-state index in [0.29, 0.717) is 0 Å². The summed E-state index contributed by atoms with van der Waals surface area (Å²) in [5, 5.41) is 0. The third-order valence-corrected chi connectivity index (χ3v) is 3.67. The molecule has 0 fully saturated rings. The Morgan fingerprint density at radius 3 is 2.60 bits per heavy atom. The van der Waals surface area contributed by atoms with Gasteiger partial charge in [-0.05, 0) is 31.5 Å². The van der Waals surface area contributed by atoms with E-state index in [2.05, 4.69) is 13.0 Å². The highest BCUT2D eigenvalue weighted by Gasteiger charge is 2.08. The van der Waals surface area contributed by atoms with Gasteiger partial charge in [0.1, 0.15) is 5.76 Å². The molecule has 1 aromatic carbocycles. The normalized spacial score (nSPS) is 10.5. The highest BCUT2D eigenvalue weighted by Crippen LogP contribution is 2.36. The second-order valence-corrected chi connectivity index (χ2v) is 4.49. The van der Waals surface area contributed by atoms with E-state index >= 15 is 0 Å². The molecule has 1 aromatic heterocycles. The van der Waals surface area contributed by atoms with Crippen LogP contribution in [0.3, 0.4) is 0 Å². The van der Waals surface area contributed by atoms with Crippen molar-refractivity contribution in [3.05, 3.63) is 41.9 Å². The minimum Gasteiger partial charge on any atom is -0.468 e. The van der Waals surface area contributed by atoms with Crippen LogP contribution in [0.2, 0.25) is 0 Å². The molecule has 2 N–H and O–H groups in total. The number of anilines is 1. The Morgan fingerprint density at radius 2 is 2.00 bits per heavy atom. The first-order valence-electron chi connectivity index (χ1n) is 4.75. The predicted octanol–water partition coefficient (Wildman–Crippen LogP) is 3.63. The fraction of sp³-hybridized carbons (Fsp3) is 0.167. The van der Waals surface area contributed by atoms with Gasteiger partial charge in [-0.15, -0.1) is 0 Å². The molecular weight excluding hydrogens is 206 g/mol. The van der Waals surface area contributed by atoms with Crippen LogP contribution in [0.1, 0.15) is 11.3 Å². The van der Waals surface area contributed by atoms with Crippen LogP contribution in [0.25, 0.3) is 0 Å². The van der Waals surface area contributed by atoms with E-state index in [-0.39, 0.29) is 0 Å². The summed E-state index contributed by atoms with van der Waals surface area (Å²) in [6.45, 7) is 4.02. The fourth-order valence-electron chi connectivity index (χ4n) is 1.40. The van der Waals surface area contributed by atoms with Gasteiger partial charge in [0.25, 0.3) is 0 Å². The third kappa shape index (κ3) is 2.02. The molecule has 0 saturated heterocycles. The maximum absolute atomic E-state index is 5.94. The van der Waals surface area contributed by atoms with E-state index in [4.69, 9.17) is 10.2 Å². The summed E-state index contributed by atoms with van der Waals surface area (Å²) in [5.74, 6) is 0.933. The average molecular weight is 219 g/mol. The summed E-state index contributed by atoms with van der Waals surface area (Å²) in [7, 11) is 0. The summed E-state index contributed by atoms with van der Waals surface area (Å²) in [6.07, 6.45) is 1.70. The van der Waals surface area contributed by atoms with Gasteiger partial charge in [-0.1, -0.05) is 23.9 Å². The smallest absolute Gasteiger partial charge is 0.114 e. The van der Waals surface area contributed by atoms with Gasteiger partial charge in [0.2, 0.25) is 0 Å². The molecule has 0 bridgehead atoms. The van der Waals surface area contributed by atoms with Crippen LogP contribution in [0.15, 0.2) is 44.7 Å². The molecule has 0 spiro atoms. The molecule has 2 aromatic rings. The molecule has 1 heterocycles. The lowest BCUT2D eigenvalue weighted by Crippen LogP contribution is -1.90. The molecule has 0 saturated carbocycles. The Balaban J connectivity index is 2.36. The van der Waals surface area contributed by atoms with Crippen LogP contribution in [-0.4, -0.2) is 0 Å². The van der Waals surface area contributed by atoms with Gasteiger partial charge >= 0.3 is 0 Å². The topological polar surface area (TPSA) is 39.2 Å². The number of hydrogen-bond donors (Lipinski definition) is 1. The van der Waals surface area contributed by atoms with Crippen LogP contribution in [0, 0.1) is 13.8 Å². The van der Waals surface area contributed by atoms with Gasteiger partial charge in [-0.3, -0.25) is 0 Å². The van der Waals surface area contributed by atoms with Gasteiger partial charge in [0.15, 0.2) is 0 Å². The van der Waals surface area contributed by atoms with Crippen molar-refractivity contribution in [2.24, 2.45) is 0 Å². The molecule has 3 heteroatoms. The molecule has 15 heavy (non-hydrogen) atoms. The second-order valence-electron chi connectivity index (χ2n) is 3.44. The van der Waals surface area contributed by atoms with E-state index in [1.54, 1.807) is 18.0 Å². The van der Waals surface area contributed by atoms with Crippen molar-refractivity contribution in [2.45, 2.75) is 23.6 Å².